The highest BCUT2D eigenvalue weighted by Gasteiger charge is 2.26. The molecule has 0 bridgehead atoms. The van der Waals surface area contributed by atoms with E-state index in [4.69, 9.17) is 9.15 Å². The van der Waals surface area contributed by atoms with Gasteiger partial charge in [-0.1, -0.05) is 0 Å². The SMILES string of the molecule is CN(C)c1ccc2c(CC(=O)NC(C)(C)CCOC(C)(C)CCNC(=O)CCN3C(=O)C=CC3=O)cc(=O)oc2c1. The van der Waals surface area contributed by atoms with E-state index in [-0.39, 0.29) is 31.2 Å². The number of nitrogens with zero attached hydrogens (tertiary/aromatic N) is 2. The van der Waals surface area contributed by atoms with Crippen LogP contribution in [0.3, 0.4) is 0 Å². The van der Waals surface area contributed by atoms with E-state index in [9.17, 15) is 24.0 Å². The molecule has 1 aromatic heterocycles. The summed E-state index contributed by atoms with van der Waals surface area (Å²) in [7, 11) is 3.79. The van der Waals surface area contributed by atoms with Gasteiger partial charge in [0, 0.05) is 81.1 Å². The molecule has 4 amide bonds. The molecule has 0 unspecified atom stereocenters. The van der Waals surface area contributed by atoms with Crippen LogP contribution in [-0.4, -0.2) is 73.5 Å². The first-order valence-corrected chi connectivity index (χ1v) is 13.7. The maximum atomic E-state index is 12.9. The largest absolute Gasteiger partial charge is 0.423 e. The van der Waals surface area contributed by atoms with Crippen molar-refractivity contribution in [1.82, 2.24) is 15.5 Å². The highest BCUT2D eigenvalue weighted by atomic mass is 16.5. The fraction of sp³-hybridized carbons (Fsp3) is 0.500. The van der Waals surface area contributed by atoms with Gasteiger partial charge in [-0.2, -0.15) is 0 Å². The van der Waals surface area contributed by atoms with Gasteiger partial charge in [0.05, 0.1) is 12.0 Å². The zero-order valence-electron chi connectivity index (χ0n) is 24.7. The van der Waals surface area contributed by atoms with Crippen molar-refractivity contribution in [3.8, 4) is 0 Å². The van der Waals surface area contributed by atoms with Crippen LogP contribution in [0.5, 0.6) is 0 Å². The molecule has 222 valence electrons. The summed E-state index contributed by atoms with van der Waals surface area (Å²) < 4.78 is 11.4. The Morgan fingerprint density at radius 2 is 1.66 bits per heavy atom. The third-order valence-electron chi connectivity index (χ3n) is 6.89. The molecule has 2 heterocycles. The zero-order chi connectivity index (χ0) is 30.4. The van der Waals surface area contributed by atoms with Crippen LogP contribution in [0, 0.1) is 0 Å². The first-order chi connectivity index (χ1) is 19.2. The number of rotatable bonds is 14. The minimum Gasteiger partial charge on any atom is -0.423 e. The van der Waals surface area contributed by atoms with E-state index in [0.717, 1.165) is 16.0 Å². The summed E-state index contributed by atoms with van der Waals surface area (Å²) in [6.07, 6.45) is 3.56. The van der Waals surface area contributed by atoms with E-state index in [1.807, 2.05) is 58.8 Å². The molecule has 41 heavy (non-hydrogen) atoms. The van der Waals surface area contributed by atoms with E-state index in [1.54, 1.807) is 6.07 Å². The van der Waals surface area contributed by atoms with Gasteiger partial charge in [0.1, 0.15) is 5.58 Å². The monoisotopic (exact) mass is 568 g/mol. The van der Waals surface area contributed by atoms with E-state index in [2.05, 4.69) is 10.6 Å². The Morgan fingerprint density at radius 3 is 2.32 bits per heavy atom. The Bertz CT molecular complexity index is 1370. The molecule has 3 rings (SSSR count). The van der Waals surface area contributed by atoms with Crippen LogP contribution >= 0.6 is 0 Å². The van der Waals surface area contributed by atoms with Gasteiger partial charge in [-0.05, 0) is 58.2 Å². The Balaban J connectivity index is 1.42. The molecule has 2 N–H and O–H groups in total. The predicted molar refractivity (Wildman–Crippen MR) is 155 cm³/mol. The summed E-state index contributed by atoms with van der Waals surface area (Å²) in [6, 6.07) is 6.90. The summed E-state index contributed by atoms with van der Waals surface area (Å²) in [6.45, 7) is 8.47. The number of benzene rings is 1. The molecule has 0 saturated carbocycles. The number of hydrogen-bond acceptors (Lipinski definition) is 8. The number of hydrogen-bond donors (Lipinski definition) is 2. The van der Waals surface area contributed by atoms with Gasteiger partial charge in [-0.15, -0.1) is 0 Å². The Morgan fingerprint density at radius 1 is 0.976 bits per heavy atom. The van der Waals surface area contributed by atoms with Crippen LogP contribution < -0.4 is 21.2 Å². The van der Waals surface area contributed by atoms with Crippen molar-refractivity contribution in [3.63, 3.8) is 0 Å². The molecule has 0 atom stereocenters. The number of carbonyl (C=O) groups excluding carboxylic acids is 4. The molecule has 0 radical (unpaired) electrons. The quantitative estimate of drug-likeness (QED) is 0.262. The second kappa shape index (κ2) is 13.1. The number of amides is 4. The maximum absolute atomic E-state index is 12.9. The fourth-order valence-electron chi connectivity index (χ4n) is 4.41. The highest BCUT2D eigenvalue weighted by molar-refractivity contribution is 6.13. The van der Waals surface area contributed by atoms with E-state index in [0.29, 0.717) is 37.1 Å². The lowest BCUT2D eigenvalue weighted by Crippen LogP contribution is -2.45. The predicted octanol–water partition coefficient (Wildman–Crippen LogP) is 2.30. The summed E-state index contributed by atoms with van der Waals surface area (Å²) in [5, 5.41) is 6.55. The molecule has 11 heteroatoms. The summed E-state index contributed by atoms with van der Waals surface area (Å²) >= 11 is 0. The van der Waals surface area contributed by atoms with E-state index >= 15 is 0 Å². The van der Waals surface area contributed by atoms with E-state index < -0.39 is 28.6 Å². The van der Waals surface area contributed by atoms with Gasteiger partial charge in [-0.3, -0.25) is 24.1 Å². The number of carbonyl (C=O) groups is 4. The van der Waals surface area contributed by atoms with Gasteiger partial charge in [0.2, 0.25) is 11.8 Å². The normalized spacial score (nSPS) is 13.7. The standard InChI is InChI=1S/C30H40N4O7/c1-29(2,32-25(36)17-20-18-28(39)41-23-19-21(33(5)6)7-8-22(20)23)13-16-40-30(3,4)12-14-31-24(35)11-15-34-26(37)9-10-27(34)38/h7-10,18-19H,11-17H2,1-6H3,(H,31,35)(H,32,36). The van der Waals surface area contributed by atoms with Crippen molar-refractivity contribution in [1.29, 1.82) is 0 Å². The van der Waals surface area contributed by atoms with Gasteiger partial charge < -0.3 is 24.7 Å². The number of fused-ring (bicyclic) bond motifs is 1. The van der Waals surface area contributed by atoms with Gasteiger partial charge in [0.25, 0.3) is 11.8 Å². The minimum atomic E-state index is -0.561. The van der Waals surface area contributed by atoms with Crippen LogP contribution in [0.4, 0.5) is 5.69 Å². The van der Waals surface area contributed by atoms with Crippen LogP contribution in [-0.2, 0) is 30.3 Å². The Hall–Kier alpha value is -3.99. The third kappa shape index (κ3) is 9.28. The number of anilines is 1. The maximum Gasteiger partial charge on any atom is 0.336 e. The second-order valence-corrected chi connectivity index (χ2v) is 11.6. The Kier molecular flexibility index (Phi) is 10.1. The molecular weight excluding hydrogens is 528 g/mol. The summed E-state index contributed by atoms with van der Waals surface area (Å²) in [5.74, 6) is -1.28. The second-order valence-electron chi connectivity index (χ2n) is 11.6. The lowest BCUT2D eigenvalue weighted by Gasteiger charge is -2.30. The molecule has 1 aliphatic rings. The van der Waals surface area contributed by atoms with Crippen molar-refractivity contribution < 1.29 is 28.3 Å². The molecular formula is C30H40N4O7. The van der Waals surface area contributed by atoms with Crippen molar-refractivity contribution in [2.45, 2.75) is 64.5 Å². The van der Waals surface area contributed by atoms with Gasteiger partial charge in [0.15, 0.2) is 0 Å². The third-order valence-corrected chi connectivity index (χ3v) is 6.89. The zero-order valence-corrected chi connectivity index (χ0v) is 24.7. The molecule has 1 aromatic carbocycles. The minimum absolute atomic E-state index is 0.0368. The lowest BCUT2D eigenvalue weighted by atomic mass is 9.99. The number of nitrogens with one attached hydrogen (secondary N) is 2. The van der Waals surface area contributed by atoms with Crippen LogP contribution in [0.1, 0.15) is 52.5 Å². The highest BCUT2D eigenvalue weighted by Crippen LogP contribution is 2.23. The topological polar surface area (TPSA) is 138 Å². The first-order valence-electron chi connectivity index (χ1n) is 13.7. The van der Waals surface area contributed by atoms with Gasteiger partial charge in [-0.25, -0.2) is 4.79 Å². The fourth-order valence-corrected chi connectivity index (χ4v) is 4.41. The average Bonchev–Trinajstić information content (AvgIpc) is 3.18. The first kappa shape index (κ1) is 31.5. The molecule has 11 nitrogen and oxygen atoms in total. The molecule has 0 aliphatic carbocycles. The van der Waals surface area contributed by atoms with Crippen molar-refractivity contribution in [2.75, 3.05) is 38.7 Å². The van der Waals surface area contributed by atoms with Crippen LogP contribution in [0.2, 0.25) is 0 Å². The number of imide groups is 1. The van der Waals surface area contributed by atoms with E-state index in [1.165, 1.54) is 18.2 Å². The van der Waals surface area contributed by atoms with Crippen LogP contribution in [0.15, 0.2) is 45.6 Å². The molecule has 0 fully saturated rings. The molecule has 2 aromatic rings. The van der Waals surface area contributed by atoms with Crippen LogP contribution in [0.25, 0.3) is 11.0 Å². The Labute approximate surface area is 239 Å². The van der Waals surface area contributed by atoms with Crippen molar-refractivity contribution >= 4 is 40.3 Å². The lowest BCUT2D eigenvalue weighted by molar-refractivity contribution is -0.137. The summed E-state index contributed by atoms with van der Waals surface area (Å²) in [5.41, 5.74) is 0.334. The van der Waals surface area contributed by atoms with Crippen molar-refractivity contribution in [3.05, 3.63) is 52.4 Å². The van der Waals surface area contributed by atoms with Crippen molar-refractivity contribution in [2.24, 2.45) is 0 Å². The van der Waals surface area contributed by atoms with Gasteiger partial charge >= 0.3 is 5.63 Å². The molecule has 0 spiro atoms. The average molecular weight is 569 g/mol. The molecule has 0 saturated heterocycles. The smallest absolute Gasteiger partial charge is 0.336 e. The molecule has 1 aliphatic heterocycles. The number of ether oxygens (including phenoxy) is 1. The summed E-state index contributed by atoms with van der Waals surface area (Å²) in [4.78, 5) is 63.3.